The predicted octanol–water partition coefficient (Wildman–Crippen LogP) is 3.44. The molecule has 0 bridgehead atoms. The molecule has 1 aliphatic rings. The Morgan fingerprint density at radius 3 is 2.48 bits per heavy atom. The molecule has 0 spiro atoms. The number of ether oxygens (including phenoxy) is 2. The van der Waals surface area contributed by atoms with Gasteiger partial charge in [-0.1, -0.05) is 17.7 Å². The zero-order valence-electron chi connectivity index (χ0n) is 17.8. The zero-order valence-corrected chi connectivity index (χ0v) is 18.5. The van der Waals surface area contributed by atoms with E-state index < -0.39 is 35.7 Å². The summed E-state index contributed by atoms with van der Waals surface area (Å²) in [5, 5.41) is 3.34. The van der Waals surface area contributed by atoms with Crippen LogP contribution in [0, 0.1) is 0 Å². The van der Waals surface area contributed by atoms with Crippen LogP contribution in [0.3, 0.4) is 0 Å². The van der Waals surface area contributed by atoms with Crippen LogP contribution in [0.4, 0.5) is 0 Å². The zero-order chi connectivity index (χ0) is 22.9. The fraction of sp³-hybridized carbons (Fsp3) is 0.348. The lowest BCUT2D eigenvalue weighted by atomic mass is 9.85. The van der Waals surface area contributed by atoms with Crippen molar-refractivity contribution in [1.29, 1.82) is 0 Å². The van der Waals surface area contributed by atoms with Gasteiger partial charge < -0.3 is 20.5 Å². The van der Waals surface area contributed by atoms with E-state index >= 15 is 0 Å². The van der Waals surface area contributed by atoms with Crippen LogP contribution in [-0.2, 0) is 9.53 Å². The minimum Gasteiger partial charge on any atom is -0.484 e. The van der Waals surface area contributed by atoms with Gasteiger partial charge in [0.25, 0.3) is 5.91 Å². The molecular formula is C23H25ClN2O5. The molecule has 2 aromatic carbocycles. The Kier molecular flexibility index (Phi) is 6.38. The monoisotopic (exact) mass is 444 g/mol. The maximum absolute atomic E-state index is 13.0. The van der Waals surface area contributed by atoms with E-state index in [1.165, 1.54) is 19.9 Å². The Bertz CT molecular complexity index is 1030. The Morgan fingerprint density at radius 1 is 1.16 bits per heavy atom. The summed E-state index contributed by atoms with van der Waals surface area (Å²) in [7, 11) is 0. The first-order chi connectivity index (χ1) is 14.5. The third-order valence-corrected chi connectivity index (χ3v) is 5.34. The summed E-state index contributed by atoms with van der Waals surface area (Å²) >= 11 is 6.03. The largest absolute Gasteiger partial charge is 0.484 e. The maximum atomic E-state index is 13.0. The van der Waals surface area contributed by atoms with Gasteiger partial charge in [-0.05, 0) is 64.1 Å². The van der Waals surface area contributed by atoms with Crippen molar-refractivity contribution >= 4 is 29.3 Å². The Morgan fingerprint density at radius 2 is 1.87 bits per heavy atom. The van der Waals surface area contributed by atoms with Crippen molar-refractivity contribution in [3.8, 4) is 5.75 Å². The van der Waals surface area contributed by atoms with E-state index in [2.05, 4.69) is 5.32 Å². The average molecular weight is 445 g/mol. The molecule has 3 rings (SSSR count). The summed E-state index contributed by atoms with van der Waals surface area (Å²) in [5.41, 5.74) is 6.03. The number of nitrogens with two attached hydrogens (primary N) is 1. The average Bonchev–Trinajstić information content (AvgIpc) is 2.69. The van der Waals surface area contributed by atoms with Crippen LogP contribution in [-0.4, -0.2) is 35.4 Å². The van der Waals surface area contributed by atoms with Crippen LogP contribution in [0.5, 0.6) is 5.75 Å². The number of halogens is 1. The SMILES string of the molecule is CC(=O)c1ccc2c(c1)[C@H](NC(=O)c1cccc(Cl)c1)[C@@H](OC(=O)[C@H](C)N)C(C)(C)O2. The van der Waals surface area contributed by atoms with Gasteiger partial charge in [-0.2, -0.15) is 0 Å². The Labute approximate surface area is 185 Å². The van der Waals surface area contributed by atoms with Crippen LogP contribution in [0.15, 0.2) is 42.5 Å². The molecule has 1 amide bonds. The lowest BCUT2D eigenvalue weighted by molar-refractivity contribution is -0.166. The van der Waals surface area contributed by atoms with Crippen LogP contribution in [0.1, 0.15) is 60.0 Å². The second-order valence-electron chi connectivity index (χ2n) is 8.12. The minimum absolute atomic E-state index is 0.142. The van der Waals surface area contributed by atoms with Crippen molar-refractivity contribution in [2.24, 2.45) is 5.73 Å². The lowest BCUT2D eigenvalue weighted by Crippen LogP contribution is -2.56. The smallest absolute Gasteiger partial charge is 0.323 e. The van der Waals surface area contributed by atoms with E-state index in [1.54, 1.807) is 50.2 Å². The lowest BCUT2D eigenvalue weighted by Gasteiger charge is -2.44. The first kappa shape index (κ1) is 22.8. The van der Waals surface area contributed by atoms with E-state index in [9.17, 15) is 14.4 Å². The van der Waals surface area contributed by atoms with Crippen LogP contribution in [0.25, 0.3) is 0 Å². The first-order valence-electron chi connectivity index (χ1n) is 9.86. The minimum atomic E-state index is -0.985. The molecule has 1 heterocycles. The topological polar surface area (TPSA) is 108 Å². The number of amides is 1. The molecule has 7 nitrogen and oxygen atoms in total. The normalized spacial score (nSPS) is 20.1. The fourth-order valence-electron chi connectivity index (χ4n) is 3.46. The Hall–Kier alpha value is -2.90. The van der Waals surface area contributed by atoms with Gasteiger partial charge in [-0.25, -0.2) is 0 Å². The number of nitrogens with one attached hydrogen (secondary N) is 1. The highest BCUT2D eigenvalue weighted by Gasteiger charge is 2.47. The summed E-state index contributed by atoms with van der Waals surface area (Å²) in [6.07, 6.45) is -0.899. The molecule has 0 aliphatic carbocycles. The standard InChI is InChI=1S/C23H25ClN2O5/c1-12(25)22(29)30-20-19(26-21(28)15-6-5-7-16(24)10-15)17-11-14(13(2)27)8-9-18(17)31-23(20,3)4/h5-12,19-20H,25H2,1-4H3,(H,26,28)/t12-,19-,20+/m0/s1. The summed E-state index contributed by atoms with van der Waals surface area (Å²) in [5.74, 6) is -0.697. The highest BCUT2D eigenvalue weighted by Crippen LogP contribution is 2.42. The summed E-state index contributed by atoms with van der Waals surface area (Å²) < 4.78 is 11.8. The molecule has 0 saturated carbocycles. The fourth-order valence-corrected chi connectivity index (χ4v) is 3.65. The molecule has 0 radical (unpaired) electrons. The number of ketones is 1. The highest BCUT2D eigenvalue weighted by molar-refractivity contribution is 6.30. The van der Waals surface area contributed by atoms with Crippen molar-refractivity contribution in [2.75, 3.05) is 0 Å². The molecule has 0 unspecified atom stereocenters. The van der Waals surface area contributed by atoms with Gasteiger partial charge in [0, 0.05) is 21.7 Å². The number of esters is 1. The van der Waals surface area contributed by atoms with E-state index in [-0.39, 0.29) is 5.78 Å². The third-order valence-electron chi connectivity index (χ3n) is 5.10. The van der Waals surface area contributed by atoms with E-state index in [0.29, 0.717) is 27.5 Å². The second kappa shape index (κ2) is 8.69. The highest BCUT2D eigenvalue weighted by atomic mass is 35.5. The van der Waals surface area contributed by atoms with Gasteiger partial charge in [0.2, 0.25) is 0 Å². The first-order valence-corrected chi connectivity index (χ1v) is 10.2. The van der Waals surface area contributed by atoms with Crippen LogP contribution < -0.4 is 15.8 Å². The molecular weight excluding hydrogens is 420 g/mol. The van der Waals surface area contributed by atoms with E-state index in [4.69, 9.17) is 26.8 Å². The second-order valence-corrected chi connectivity index (χ2v) is 8.56. The van der Waals surface area contributed by atoms with Gasteiger partial charge in [0.05, 0.1) is 6.04 Å². The number of carbonyl (C=O) groups is 3. The quantitative estimate of drug-likeness (QED) is 0.540. The number of rotatable bonds is 5. The molecule has 3 atom stereocenters. The van der Waals surface area contributed by atoms with Gasteiger partial charge in [0.1, 0.15) is 17.4 Å². The number of fused-ring (bicyclic) bond motifs is 1. The van der Waals surface area contributed by atoms with Crippen molar-refractivity contribution in [1.82, 2.24) is 5.32 Å². The predicted molar refractivity (Wildman–Crippen MR) is 116 cm³/mol. The summed E-state index contributed by atoms with van der Waals surface area (Å²) in [4.78, 5) is 37.3. The molecule has 2 aromatic rings. The number of hydrogen-bond donors (Lipinski definition) is 2. The van der Waals surface area contributed by atoms with Crippen LogP contribution in [0.2, 0.25) is 5.02 Å². The van der Waals surface area contributed by atoms with Crippen LogP contribution >= 0.6 is 11.6 Å². The van der Waals surface area contributed by atoms with Crippen molar-refractivity contribution in [3.63, 3.8) is 0 Å². The number of hydrogen-bond acceptors (Lipinski definition) is 6. The molecule has 8 heteroatoms. The van der Waals surface area contributed by atoms with Gasteiger partial charge >= 0.3 is 5.97 Å². The molecule has 31 heavy (non-hydrogen) atoms. The third kappa shape index (κ3) is 4.89. The van der Waals surface area contributed by atoms with Gasteiger partial charge in [-0.3, -0.25) is 14.4 Å². The van der Waals surface area contributed by atoms with Crippen molar-refractivity contribution in [3.05, 3.63) is 64.2 Å². The maximum Gasteiger partial charge on any atom is 0.323 e. The van der Waals surface area contributed by atoms with E-state index in [1.807, 2.05) is 0 Å². The summed E-state index contributed by atoms with van der Waals surface area (Å²) in [6, 6.07) is 9.83. The van der Waals surface area contributed by atoms with Crippen molar-refractivity contribution < 1.29 is 23.9 Å². The number of Topliss-reactive ketones (excluding diaryl/α,β-unsaturated/α-hetero) is 1. The molecule has 0 fully saturated rings. The molecule has 0 saturated heterocycles. The molecule has 0 aromatic heterocycles. The molecule has 1 aliphatic heterocycles. The molecule has 164 valence electrons. The molecule has 3 N–H and O–H groups in total. The van der Waals surface area contributed by atoms with Gasteiger partial charge in [-0.15, -0.1) is 0 Å². The summed E-state index contributed by atoms with van der Waals surface area (Å²) in [6.45, 7) is 6.47. The van der Waals surface area contributed by atoms with E-state index in [0.717, 1.165) is 0 Å². The Balaban J connectivity index is 2.07. The van der Waals surface area contributed by atoms with Crippen molar-refractivity contribution in [2.45, 2.75) is 51.5 Å². The number of carbonyl (C=O) groups excluding carboxylic acids is 3. The van der Waals surface area contributed by atoms with Gasteiger partial charge in [0.15, 0.2) is 11.9 Å². The number of benzene rings is 2.